The van der Waals surface area contributed by atoms with Gasteiger partial charge in [-0.25, -0.2) is 9.89 Å². The Morgan fingerprint density at radius 3 is 2.82 bits per heavy atom. The van der Waals surface area contributed by atoms with Gasteiger partial charge in [0.1, 0.15) is 0 Å². The zero-order valence-electron chi connectivity index (χ0n) is 11.9. The van der Waals surface area contributed by atoms with Crippen molar-refractivity contribution in [1.82, 2.24) is 15.5 Å². The molecular weight excluding hydrogens is 372 g/mol. The van der Waals surface area contributed by atoms with Crippen molar-refractivity contribution in [3.05, 3.63) is 33.2 Å². The molecule has 3 rings (SSSR count). The molecular formula is C14H18BrClN4O2. The molecule has 2 aromatic rings. The number of rotatable bonds is 4. The fourth-order valence-electron chi connectivity index (χ4n) is 2.49. The molecule has 8 heteroatoms. The van der Waals surface area contributed by atoms with Gasteiger partial charge in [0.15, 0.2) is 0 Å². The molecule has 0 radical (unpaired) electrons. The van der Waals surface area contributed by atoms with Crippen molar-refractivity contribution in [3.8, 4) is 11.5 Å². The lowest BCUT2D eigenvalue weighted by atomic mass is 9.98. The van der Waals surface area contributed by atoms with E-state index in [0.29, 0.717) is 11.8 Å². The summed E-state index contributed by atoms with van der Waals surface area (Å²) >= 11 is 3.54. The summed E-state index contributed by atoms with van der Waals surface area (Å²) in [5.41, 5.74) is 1.75. The molecule has 0 bridgehead atoms. The molecule has 0 atom stereocenters. The highest BCUT2D eigenvalue weighted by atomic mass is 79.9. The highest BCUT2D eigenvalue weighted by Crippen LogP contribution is 2.28. The maximum atomic E-state index is 11.0. The summed E-state index contributed by atoms with van der Waals surface area (Å²) in [5, 5.41) is 13.0. The van der Waals surface area contributed by atoms with Gasteiger partial charge in [0.25, 0.3) is 0 Å². The molecule has 2 heterocycles. The van der Waals surface area contributed by atoms with Gasteiger partial charge in [-0.3, -0.25) is 0 Å². The molecule has 0 spiro atoms. The maximum Gasteiger partial charge on any atom is 0.434 e. The first-order chi connectivity index (χ1) is 10.2. The Kier molecular flexibility index (Phi) is 6.05. The molecule has 0 unspecified atom stereocenters. The highest BCUT2D eigenvalue weighted by Gasteiger charge is 2.14. The number of H-pyrrole nitrogens is 1. The van der Waals surface area contributed by atoms with Gasteiger partial charge in [0.2, 0.25) is 5.89 Å². The molecule has 22 heavy (non-hydrogen) atoms. The average Bonchev–Trinajstić information content (AvgIpc) is 2.94. The Hall–Kier alpha value is -1.31. The van der Waals surface area contributed by atoms with Crippen LogP contribution in [0.4, 0.5) is 5.69 Å². The fourth-order valence-corrected chi connectivity index (χ4v) is 2.87. The highest BCUT2D eigenvalue weighted by molar-refractivity contribution is 9.10. The average molecular weight is 390 g/mol. The Balaban J connectivity index is 0.00000176. The molecule has 0 saturated carbocycles. The first-order valence-corrected chi connectivity index (χ1v) is 7.82. The van der Waals surface area contributed by atoms with Crippen molar-refractivity contribution in [2.24, 2.45) is 5.92 Å². The number of hydrogen-bond acceptors (Lipinski definition) is 5. The number of halogens is 2. The van der Waals surface area contributed by atoms with Gasteiger partial charge in [-0.05, 0) is 66.0 Å². The van der Waals surface area contributed by atoms with Crippen LogP contribution in [0, 0.1) is 5.92 Å². The molecule has 1 fully saturated rings. The molecule has 1 aromatic heterocycles. The van der Waals surface area contributed by atoms with Crippen LogP contribution >= 0.6 is 28.3 Å². The molecule has 3 N–H and O–H groups in total. The van der Waals surface area contributed by atoms with Gasteiger partial charge in [0, 0.05) is 22.3 Å². The van der Waals surface area contributed by atoms with Crippen LogP contribution in [0.25, 0.3) is 11.5 Å². The topological polar surface area (TPSA) is 83.0 Å². The molecule has 0 aliphatic carbocycles. The van der Waals surface area contributed by atoms with E-state index in [-0.39, 0.29) is 12.4 Å². The minimum absolute atomic E-state index is 0. The van der Waals surface area contributed by atoms with Crippen LogP contribution in [0.3, 0.4) is 0 Å². The number of benzene rings is 1. The van der Waals surface area contributed by atoms with Crippen molar-refractivity contribution in [2.75, 3.05) is 25.0 Å². The molecule has 1 aliphatic rings. The lowest BCUT2D eigenvalue weighted by Gasteiger charge is -2.23. The smallest absolute Gasteiger partial charge is 0.388 e. The molecule has 120 valence electrons. The van der Waals surface area contributed by atoms with Crippen molar-refractivity contribution >= 4 is 34.0 Å². The van der Waals surface area contributed by atoms with Crippen LogP contribution < -0.4 is 16.4 Å². The summed E-state index contributed by atoms with van der Waals surface area (Å²) in [6.45, 7) is 3.12. The molecule has 1 saturated heterocycles. The quantitative estimate of drug-likeness (QED) is 0.749. The third-order valence-corrected chi connectivity index (χ3v) is 4.38. The minimum Gasteiger partial charge on any atom is -0.388 e. The number of anilines is 1. The van der Waals surface area contributed by atoms with Gasteiger partial charge in [0.05, 0.1) is 0 Å². The number of aromatic nitrogens is 2. The van der Waals surface area contributed by atoms with E-state index in [1.54, 1.807) is 0 Å². The Bertz CT molecular complexity index is 667. The van der Waals surface area contributed by atoms with E-state index in [0.717, 1.165) is 35.4 Å². The maximum absolute atomic E-state index is 11.0. The van der Waals surface area contributed by atoms with E-state index in [1.165, 1.54) is 12.8 Å². The van der Waals surface area contributed by atoms with Crippen molar-refractivity contribution in [3.63, 3.8) is 0 Å². The van der Waals surface area contributed by atoms with E-state index in [1.807, 2.05) is 18.2 Å². The van der Waals surface area contributed by atoms with E-state index in [4.69, 9.17) is 4.42 Å². The number of aromatic amines is 1. The second kappa shape index (κ2) is 7.80. The van der Waals surface area contributed by atoms with Crippen LogP contribution in [0.2, 0.25) is 0 Å². The first-order valence-electron chi connectivity index (χ1n) is 7.02. The summed E-state index contributed by atoms with van der Waals surface area (Å²) in [6.07, 6.45) is 2.39. The van der Waals surface area contributed by atoms with Gasteiger partial charge in [-0.2, -0.15) is 0 Å². The largest absolute Gasteiger partial charge is 0.434 e. The van der Waals surface area contributed by atoms with E-state index in [9.17, 15) is 4.79 Å². The Labute approximate surface area is 142 Å². The third kappa shape index (κ3) is 4.12. The van der Waals surface area contributed by atoms with Crippen molar-refractivity contribution in [2.45, 2.75) is 12.8 Å². The van der Waals surface area contributed by atoms with Crippen LogP contribution in [0.15, 0.2) is 31.9 Å². The van der Waals surface area contributed by atoms with E-state index >= 15 is 0 Å². The summed E-state index contributed by atoms with van der Waals surface area (Å²) in [4.78, 5) is 11.0. The van der Waals surface area contributed by atoms with Gasteiger partial charge in [-0.1, -0.05) is 0 Å². The van der Waals surface area contributed by atoms with Crippen LogP contribution in [-0.4, -0.2) is 29.8 Å². The third-order valence-electron chi connectivity index (χ3n) is 3.69. The monoisotopic (exact) mass is 388 g/mol. The Morgan fingerprint density at radius 1 is 1.36 bits per heavy atom. The zero-order chi connectivity index (χ0) is 14.7. The first kappa shape index (κ1) is 17.1. The van der Waals surface area contributed by atoms with E-state index < -0.39 is 5.76 Å². The summed E-state index contributed by atoms with van der Waals surface area (Å²) < 4.78 is 5.97. The Morgan fingerprint density at radius 2 is 2.14 bits per heavy atom. The van der Waals surface area contributed by atoms with Crippen LogP contribution in [-0.2, 0) is 0 Å². The lowest BCUT2D eigenvalue weighted by molar-refractivity contribution is 0.390. The number of nitrogens with zero attached hydrogens (tertiary/aromatic N) is 1. The molecule has 0 amide bonds. The molecule has 1 aromatic carbocycles. The number of nitrogens with one attached hydrogen (secondary N) is 3. The predicted octanol–water partition coefficient (Wildman–Crippen LogP) is 2.63. The predicted molar refractivity (Wildman–Crippen MR) is 91.6 cm³/mol. The van der Waals surface area contributed by atoms with Gasteiger partial charge >= 0.3 is 5.76 Å². The normalized spacial score (nSPS) is 15.3. The lowest BCUT2D eigenvalue weighted by Crippen LogP contribution is -2.31. The van der Waals surface area contributed by atoms with Crippen molar-refractivity contribution < 1.29 is 4.42 Å². The minimum atomic E-state index is -0.544. The summed E-state index contributed by atoms with van der Waals surface area (Å²) in [6, 6.07) is 5.72. The SMILES string of the molecule is Cl.O=c1[nH]nc(-c2ccc(Br)c(NCC3CCNCC3)c2)o1. The fraction of sp³-hybridized carbons (Fsp3) is 0.429. The van der Waals surface area contributed by atoms with Crippen molar-refractivity contribution in [1.29, 1.82) is 0 Å². The van der Waals surface area contributed by atoms with Crippen LogP contribution in [0.5, 0.6) is 0 Å². The van der Waals surface area contributed by atoms with Gasteiger partial charge < -0.3 is 15.1 Å². The second-order valence-corrected chi connectivity index (χ2v) is 6.04. The number of piperidine rings is 1. The zero-order valence-corrected chi connectivity index (χ0v) is 14.3. The van der Waals surface area contributed by atoms with Crippen LogP contribution in [0.1, 0.15) is 12.8 Å². The summed E-state index contributed by atoms with van der Waals surface area (Å²) in [5.74, 6) is 0.444. The molecule has 6 nitrogen and oxygen atoms in total. The van der Waals surface area contributed by atoms with Gasteiger partial charge in [-0.15, -0.1) is 17.5 Å². The molecule has 1 aliphatic heterocycles. The number of hydrogen-bond donors (Lipinski definition) is 3. The second-order valence-electron chi connectivity index (χ2n) is 5.19. The summed E-state index contributed by atoms with van der Waals surface area (Å²) in [7, 11) is 0. The standard InChI is InChI=1S/C14H17BrN4O2.ClH/c15-11-2-1-10(13-18-19-14(20)21-13)7-12(11)17-8-9-3-5-16-6-4-9;/h1-2,7,9,16-17H,3-6,8H2,(H,19,20);1H. The van der Waals surface area contributed by atoms with E-state index in [2.05, 4.69) is 36.8 Å².